The monoisotopic (exact) mass is 545 g/mol. The highest BCUT2D eigenvalue weighted by Crippen LogP contribution is 2.44. The number of amides is 1. The summed E-state index contributed by atoms with van der Waals surface area (Å²) in [6.45, 7) is 0.998. The summed E-state index contributed by atoms with van der Waals surface area (Å²) in [5.74, 6) is -1.40. The number of fused-ring (bicyclic) bond motifs is 3. The molecule has 0 aromatic heterocycles. The molecule has 0 saturated carbocycles. The third-order valence-electron chi connectivity index (χ3n) is 6.79. The molecule has 1 N–H and O–H groups in total. The van der Waals surface area contributed by atoms with Crippen LogP contribution in [0.1, 0.15) is 17.0 Å². The van der Waals surface area contributed by atoms with Gasteiger partial charge in [-0.3, -0.25) is 4.90 Å². The maximum absolute atomic E-state index is 13.3. The molecule has 11 heteroatoms. The zero-order chi connectivity index (χ0) is 27.6. The van der Waals surface area contributed by atoms with Gasteiger partial charge in [0, 0.05) is 20.1 Å². The van der Waals surface area contributed by atoms with Crippen LogP contribution in [-0.4, -0.2) is 108 Å². The number of carboxylic acids is 1. The van der Waals surface area contributed by atoms with E-state index in [1.807, 2.05) is 48.5 Å². The van der Waals surface area contributed by atoms with E-state index in [0.717, 1.165) is 27.2 Å². The van der Waals surface area contributed by atoms with Crippen molar-refractivity contribution in [2.45, 2.75) is 24.2 Å². The van der Waals surface area contributed by atoms with Gasteiger partial charge in [0.15, 0.2) is 6.04 Å². The quantitative estimate of drug-likeness (QED) is 0.264. The first kappa shape index (κ1) is 28.9. The van der Waals surface area contributed by atoms with Gasteiger partial charge >= 0.3 is 12.1 Å². The lowest BCUT2D eigenvalue weighted by atomic mass is 9.98. The Morgan fingerprint density at radius 3 is 1.97 bits per heavy atom. The Balaban J connectivity index is 1.44. The van der Waals surface area contributed by atoms with E-state index in [2.05, 4.69) is 0 Å². The number of hydrogen-bond acceptors (Lipinski definition) is 9. The molecule has 1 saturated heterocycles. The molecule has 1 amide bonds. The Morgan fingerprint density at radius 1 is 0.846 bits per heavy atom. The number of aliphatic carboxylic acids is 1. The van der Waals surface area contributed by atoms with Crippen LogP contribution in [0, 0.1) is 0 Å². The maximum Gasteiger partial charge on any atom is 0.410 e. The van der Waals surface area contributed by atoms with Crippen LogP contribution in [0.25, 0.3) is 11.1 Å². The molecule has 1 heterocycles. The summed E-state index contributed by atoms with van der Waals surface area (Å²) in [4.78, 5) is 26.7. The number of rotatable bonds is 15. The van der Waals surface area contributed by atoms with Gasteiger partial charge in [-0.05, 0) is 22.3 Å². The second kappa shape index (κ2) is 14.4. The van der Waals surface area contributed by atoms with Crippen LogP contribution in [0.2, 0.25) is 0 Å². The minimum Gasteiger partial charge on any atom is -0.480 e. The summed E-state index contributed by atoms with van der Waals surface area (Å²) in [5, 5.41) is 10.0. The van der Waals surface area contributed by atoms with Gasteiger partial charge in [0.05, 0.1) is 33.0 Å². The number of likely N-dealkylation sites (tertiary alicyclic amines) is 1. The predicted molar refractivity (Wildman–Crippen MR) is 138 cm³/mol. The topological polar surface area (TPSA) is 122 Å². The first-order valence-corrected chi connectivity index (χ1v) is 12.8. The minimum atomic E-state index is -1.34. The Hall–Kier alpha value is -3.06. The van der Waals surface area contributed by atoms with Crippen molar-refractivity contribution in [2.75, 3.05) is 67.4 Å². The number of methoxy groups -OCH3 is 2. The number of carbonyl (C=O) groups excluding carboxylic acids is 1. The van der Waals surface area contributed by atoms with Crippen LogP contribution in [0.5, 0.6) is 0 Å². The Labute approximate surface area is 227 Å². The SMILES string of the molecule is COCCOCO[C@@H]1[C@@H](OCOCCOC)CN(C(=O)OCC2c3ccccc3-c3ccccc32)[C@@H]1C(=O)O. The molecule has 1 aliphatic heterocycles. The van der Waals surface area contributed by atoms with E-state index in [1.165, 1.54) is 0 Å². The van der Waals surface area contributed by atoms with Gasteiger partial charge in [0.1, 0.15) is 32.4 Å². The summed E-state index contributed by atoms with van der Waals surface area (Å²) in [6.07, 6.45) is -2.54. The van der Waals surface area contributed by atoms with Gasteiger partial charge in [0.25, 0.3) is 0 Å². The van der Waals surface area contributed by atoms with Crippen molar-refractivity contribution >= 4 is 12.1 Å². The molecule has 11 nitrogen and oxygen atoms in total. The van der Waals surface area contributed by atoms with Crippen LogP contribution in [-0.2, 0) is 38.0 Å². The van der Waals surface area contributed by atoms with E-state index in [0.29, 0.717) is 19.8 Å². The molecular weight excluding hydrogens is 510 g/mol. The van der Waals surface area contributed by atoms with E-state index in [1.54, 1.807) is 14.2 Å². The Morgan fingerprint density at radius 2 is 1.41 bits per heavy atom. The zero-order valence-electron chi connectivity index (χ0n) is 22.2. The van der Waals surface area contributed by atoms with Crippen molar-refractivity contribution in [1.82, 2.24) is 4.90 Å². The lowest BCUT2D eigenvalue weighted by molar-refractivity contribution is -0.171. The van der Waals surface area contributed by atoms with E-state index in [9.17, 15) is 14.7 Å². The number of carbonyl (C=O) groups is 2. The molecule has 1 fully saturated rings. The molecule has 39 heavy (non-hydrogen) atoms. The van der Waals surface area contributed by atoms with E-state index in [4.69, 9.17) is 33.2 Å². The standard InChI is InChI=1S/C28H35NO10/c1-33-11-13-35-17-38-24-15-29(25(27(30)31)26(24)39-18-36-14-12-34-2)28(32)37-16-23-21-9-5-3-7-19(21)20-8-4-6-10-22(20)23/h3-10,23-26H,11-18H2,1-2H3,(H,30,31)/t24-,25-,26+/m0/s1. The van der Waals surface area contributed by atoms with Crippen LogP contribution >= 0.6 is 0 Å². The van der Waals surface area contributed by atoms with Crippen molar-refractivity contribution in [3.8, 4) is 11.1 Å². The van der Waals surface area contributed by atoms with Gasteiger partial charge in [-0.2, -0.15) is 0 Å². The lowest BCUT2D eigenvalue weighted by Gasteiger charge is -2.25. The van der Waals surface area contributed by atoms with Gasteiger partial charge in [-0.15, -0.1) is 0 Å². The van der Waals surface area contributed by atoms with E-state index >= 15 is 0 Å². The third kappa shape index (κ3) is 6.93. The fourth-order valence-corrected chi connectivity index (χ4v) is 4.94. The molecule has 2 aromatic rings. The Bertz CT molecular complexity index is 1050. The molecule has 2 aromatic carbocycles. The van der Waals surface area contributed by atoms with Gasteiger partial charge < -0.3 is 38.3 Å². The smallest absolute Gasteiger partial charge is 0.410 e. The van der Waals surface area contributed by atoms with Gasteiger partial charge in [0.2, 0.25) is 0 Å². The van der Waals surface area contributed by atoms with Crippen molar-refractivity contribution in [2.24, 2.45) is 0 Å². The fourth-order valence-electron chi connectivity index (χ4n) is 4.94. The van der Waals surface area contributed by atoms with Crippen molar-refractivity contribution in [3.05, 3.63) is 59.7 Å². The highest BCUT2D eigenvalue weighted by molar-refractivity contribution is 5.82. The molecule has 0 bridgehead atoms. The average Bonchev–Trinajstić information content (AvgIpc) is 3.47. The first-order valence-electron chi connectivity index (χ1n) is 12.8. The summed E-state index contributed by atoms with van der Waals surface area (Å²) in [5.41, 5.74) is 4.32. The molecular formula is C28H35NO10. The lowest BCUT2D eigenvalue weighted by Crippen LogP contribution is -2.47. The van der Waals surface area contributed by atoms with E-state index in [-0.39, 0.29) is 39.3 Å². The van der Waals surface area contributed by atoms with Crippen molar-refractivity contribution in [3.63, 3.8) is 0 Å². The molecule has 0 radical (unpaired) electrons. The summed E-state index contributed by atoms with van der Waals surface area (Å²) >= 11 is 0. The van der Waals surface area contributed by atoms with Gasteiger partial charge in [-0.25, -0.2) is 9.59 Å². The van der Waals surface area contributed by atoms with Crippen LogP contribution in [0.15, 0.2) is 48.5 Å². The highest BCUT2D eigenvalue weighted by atomic mass is 16.7. The highest BCUT2D eigenvalue weighted by Gasteiger charge is 2.50. The molecule has 0 spiro atoms. The second-order valence-corrected chi connectivity index (χ2v) is 9.11. The number of hydrogen-bond donors (Lipinski definition) is 1. The van der Waals surface area contributed by atoms with Crippen LogP contribution in [0.3, 0.4) is 0 Å². The molecule has 212 valence electrons. The molecule has 3 atom stereocenters. The van der Waals surface area contributed by atoms with Gasteiger partial charge in [-0.1, -0.05) is 48.5 Å². The number of nitrogens with zero attached hydrogens (tertiary/aromatic N) is 1. The Kier molecular flexibility index (Phi) is 10.7. The predicted octanol–water partition coefficient (Wildman–Crippen LogP) is 2.72. The summed E-state index contributed by atoms with van der Waals surface area (Å²) in [7, 11) is 3.10. The summed E-state index contributed by atoms with van der Waals surface area (Å²) < 4.78 is 37.9. The normalized spacial score (nSPS) is 20.2. The third-order valence-corrected chi connectivity index (χ3v) is 6.79. The fraction of sp³-hybridized carbons (Fsp3) is 0.500. The molecule has 2 aliphatic rings. The average molecular weight is 546 g/mol. The number of carboxylic acid groups (broad SMARTS) is 1. The minimum absolute atomic E-state index is 0.0516. The molecule has 1 aliphatic carbocycles. The van der Waals surface area contributed by atoms with Crippen LogP contribution in [0.4, 0.5) is 4.79 Å². The van der Waals surface area contributed by atoms with E-state index < -0.39 is 30.3 Å². The van der Waals surface area contributed by atoms with Crippen molar-refractivity contribution in [1.29, 1.82) is 0 Å². The molecule has 4 rings (SSSR count). The number of ether oxygens (including phenoxy) is 7. The molecule has 0 unspecified atom stereocenters. The first-order chi connectivity index (χ1) is 19.1. The second-order valence-electron chi connectivity index (χ2n) is 9.11. The number of benzene rings is 2. The zero-order valence-corrected chi connectivity index (χ0v) is 22.2. The van der Waals surface area contributed by atoms with Crippen molar-refractivity contribution < 1.29 is 47.9 Å². The van der Waals surface area contributed by atoms with Crippen LogP contribution < -0.4 is 0 Å². The summed E-state index contributed by atoms with van der Waals surface area (Å²) in [6, 6.07) is 14.6. The maximum atomic E-state index is 13.3. The largest absolute Gasteiger partial charge is 0.480 e.